The number of nitro groups is 1. The zero-order valence-corrected chi connectivity index (χ0v) is 11.3. The van der Waals surface area contributed by atoms with E-state index in [1.54, 1.807) is 0 Å². The van der Waals surface area contributed by atoms with E-state index in [9.17, 15) is 19.7 Å². The second-order valence-corrected chi connectivity index (χ2v) is 4.57. The summed E-state index contributed by atoms with van der Waals surface area (Å²) in [5.41, 5.74) is -0.470. The van der Waals surface area contributed by atoms with E-state index in [1.807, 2.05) is 0 Å². The van der Waals surface area contributed by atoms with E-state index in [0.29, 0.717) is 10.9 Å². The summed E-state index contributed by atoms with van der Waals surface area (Å²) in [6.45, 7) is 0. The van der Waals surface area contributed by atoms with Crippen LogP contribution >= 0.6 is 0 Å². The minimum atomic E-state index is -2.60. The normalized spacial score (nSPS) is 11.3. The van der Waals surface area contributed by atoms with Crippen LogP contribution in [0.4, 0.5) is 5.69 Å². The van der Waals surface area contributed by atoms with Crippen LogP contribution in [0.25, 0.3) is 10.9 Å². The van der Waals surface area contributed by atoms with Crippen molar-refractivity contribution in [3.63, 3.8) is 0 Å². The quantitative estimate of drug-likeness (QED) is 0.479. The molecule has 4 radical (unpaired) electrons. The second kappa shape index (κ2) is 5.21. The topological polar surface area (TPSA) is 112 Å². The number of nitrogens with zero attached hydrogens (tertiary/aromatic N) is 2. The predicted octanol–water partition coefficient (Wildman–Crippen LogP) is -0.0991. The van der Waals surface area contributed by atoms with Gasteiger partial charge in [-0.05, 0) is 12.1 Å². The number of benzene rings is 1. The molecule has 0 aliphatic rings. The van der Waals surface area contributed by atoms with Crippen LogP contribution in [0, 0.1) is 10.1 Å². The predicted molar refractivity (Wildman–Crippen MR) is 78.3 cm³/mol. The molecule has 1 N–H and O–H groups in total. The van der Waals surface area contributed by atoms with Crippen molar-refractivity contribution in [3.8, 4) is 5.75 Å². The molecule has 0 unspecified atom stereocenters. The highest BCUT2D eigenvalue weighted by Gasteiger charge is 2.29. The van der Waals surface area contributed by atoms with Crippen molar-refractivity contribution >= 4 is 38.3 Å². The fraction of sp³-hybridized carbons (Fsp3) is 0.167. The third-order valence-electron chi connectivity index (χ3n) is 3.00. The van der Waals surface area contributed by atoms with Gasteiger partial charge in [0, 0.05) is 24.6 Å². The number of carboxylic acids is 1. The summed E-state index contributed by atoms with van der Waals surface area (Å²) in [5, 5.41) is 17.3. The smallest absolute Gasteiger partial charge is 0.327 e. The van der Waals surface area contributed by atoms with Gasteiger partial charge in [0.15, 0.2) is 5.75 Å². The molecular weight excluding hydrogens is 290 g/mol. The van der Waals surface area contributed by atoms with Gasteiger partial charge in [0.05, 0.1) is 10.4 Å². The fourth-order valence-corrected chi connectivity index (χ4v) is 1.85. The Morgan fingerprint density at radius 3 is 2.59 bits per heavy atom. The second-order valence-electron chi connectivity index (χ2n) is 4.57. The number of rotatable bonds is 4. The summed E-state index contributed by atoms with van der Waals surface area (Å²) in [4.78, 5) is 33.1. The summed E-state index contributed by atoms with van der Waals surface area (Å²) in [6.07, 6.45) is 0. The maximum Gasteiger partial charge on any atom is 0.327 e. The molecule has 0 saturated carbocycles. The Morgan fingerprint density at radius 2 is 2.05 bits per heavy atom. The molecular formula is C12H8B2N2O6. The van der Waals surface area contributed by atoms with Crippen LogP contribution in [-0.2, 0) is 11.8 Å². The lowest BCUT2D eigenvalue weighted by atomic mass is 9.65. The van der Waals surface area contributed by atoms with E-state index >= 15 is 0 Å². The van der Waals surface area contributed by atoms with Crippen molar-refractivity contribution in [3.05, 3.63) is 44.7 Å². The first-order valence-electron chi connectivity index (χ1n) is 5.92. The van der Waals surface area contributed by atoms with Crippen molar-refractivity contribution < 1.29 is 19.6 Å². The van der Waals surface area contributed by atoms with Gasteiger partial charge in [-0.25, -0.2) is 4.79 Å². The number of ether oxygens (including phenoxy) is 1. The fourth-order valence-electron chi connectivity index (χ4n) is 1.85. The van der Waals surface area contributed by atoms with E-state index < -0.39 is 27.6 Å². The SMILES string of the molecule is [B]C([B])(Oc1cc2cc([N+](=O)[O-])ccc2n(C)c1=O)C(=O)O. The Balaban J connectivity index is 2.65. The largest absolute Gasteiger partial charge is 0.490 e. The highest BCUT2D eigenvalue weighted by molar-refractivity contribution is 6.49. The molecule has 10 heteroatoms. The third-order valence-corrected chi connectivity index (χ3v) is 3.00. The van der Waals surface area contributed by atoms with Crippen molar-refractivity contribution in [2.24, 2.45) is 7.05 Å². The van der Waals surface area contributed by atoms with Crippen LogP contribution in [-0.4, -0.2) is 41.7 Å². The van der Waals surface area contributed by atoms with Gasteiger partial charge in [-0.3, -0.25) is 14.9 Å². The molecule has 22 heavy (non-hydrogen) atoms. The van der Waals surface area contributed by atoms with Crippen LogP contribution in [0.5, 0.6) is 5.75 Å². The van der Waals surface area contributed by atoms with Gasteiger partial charge in [-0.2, -0.15) is 0 Å². The molecule has 1 aromatic heterocycles. The lowest BCUT2D eigenvalue weighted by molar-refractivity contribution is -0.384. The first kappa shape index (κ1) is 15.6. The molecule has 0 aliphatic heterocycles. The highest BCUT2D eigenvalue weighted by atomic mass is 16.6. The van der Waals surface area contributed by atoms with Crippen molar-refractivity contribution in [1.29, 1.82) is 0 Å². The summed E-state index contributed by atoms with van der Waals surface area (Å²) in [6, 6.07) is 5.02. The molecule has 8 nitrogen and oxygen atoms in total. The molecule has 0 fully saturated rings. The Hall–Kier alpha value is -2.77. The van der Waals surface area contributed by atoms with Crippen LogP contribution in [0.3, 0.4) is 0 Å². The number of hydrogen-bond donors (Lipinski definition) is 1. The zero-order valence-electron chi connectivity index (χ0n) is 11.3. The van der Waals surface area contributed by atoms with Crippen molar-refractivity contribution in [2.75, 3.05) is 0 Å². The molecule has 0 aliphatic carbocycles. The molecule has 0 amide bonds. The number of aryl methyl sites for hydroxylation is 1. The van der Waals surface area contributed by atoms with E-state index in [4.69, 9.17) is 25.5 Å². The molecule has 1 heterocycles. The lowest BCUT2D eigenvalue weighted by Crippen LogP contribution is -2.47. The molecule has 0 atom stereocenters. The Bertz CT molecular complexity index is 845. The highest BCUT2D eigenvalue weighted by Crippen LogP contribution is 2.23. The summed E-state index contributed by atoms with van der Waals surface area (Å²) in [7, 11) is 11.9. The maximum absolute atomic E-state index is 12.1. The number of aromatic nitrogens is 1. The monoisotopic (exact) mass is 298 g/mol. The lowest BCUT2D eigenvalue weighted by Gasteiger charge is -2.23. The maximum atomic E-state index is 12.1. The van der Waals surface area contributed by atoms with Crippen LogP contribution in [0.2, 0.25) is 0 Å². The van der Waals surface area contributed by atoms with Crippen LogP contribution < -0.4 is 10.3 Å². The standard InChI is InChI=1S/C12H8B2N2O6/c1-15-8-3-2-7(16(20)21)4-6(8)5-9(10(15)17)22-12(13,14)11(18)19/h2-5H,1H3,(H,18,19). The average Bonchev–Trinajstić information content (AvgIpc) is 2.43. The van der Waals surface area contributed by atoms with Gasteiger partial charge in [0.25, 0.3) is 11.2 Å². The van der Waals surface area contributed by atoms with Crippen molar-refractivity contribution in [2.45, 2.75) is 5.40 Å². The van der Waals surface area contributed by atoms with E-state index in [0.717, 1.165) is 10.6 Å². The molecule has 0 bridgehead atoms. The van der Waals surface area contributed by atoms with Gasteiger partial charge in [0.1, 0.15) is 21.1 Å². The van der Waals surface area contributed by atoms with Gasteiger partial charge >= 0.3 is 5.97 Å². The van der Waals surface area contributed by atoms with Crippen LogP contribution in [0.1, 0.15) is 0 Å². The molecule has 2 aromatic rings. The van der Waals surface area contributed by atoms with E-state index in [2.05, 4.69) is 0 Å². The molecule has 2 rings (SSSR count). The van der Waals surface area contributed by atoms with E-state index in [1.165, 1.54) is 25.2 Å². The summed E-state index contributed by atoms with van der Waals surface area (Å²) < 4.78 is 5.98. The van der Waals surface area contributed by atoms with Gasteiger partial charge in [-0.1, -0.05) is 0 Å². The zero-order chi connectivity index (χ0) is 16.7. The summed E-state index contributed by atoms with van der Waals surface area (Å²) in [5.74, 6) is -2.10. The minimum Gasteiger partial charge on any atom is -0.490 e. The van der Waals surface area contributed by atoms with Crippen LogP contribution in [0.15, 0.2) is 29.1 Å². The van der Waals surface area contributed by atoms with Gasteiger partial charge in [-0.15, -0.1) is 0 Å². The summed E-state index contributed by atoms with van der Waals surface area (Å²) >= 11 is 0. The Morgan fingerprint density at radius 1 is 1.41 bits per heavy atom. The Kier molecular flexibility index (Phi) is 3.70. The molecule has 0 saturated heterocycles. The Labute approximate surface area is 126 Å². The number of fused-ring (bicyclic) bond motifs is 1. The number of hydrogen-bond acceptors (Lipinski definition) is 5. The number of pyridine rings is 1. The van der Waals surface area contributed by atoms with Gasteiger partial charge in [0.2, 0.25) is 0 Å². The van der Waals surface area contributed by atoms with Crippen molar-refractivity contribution in [1.82, 2.24) is 4.57 Å². The average molecular weight is 298 g/mol. The number of carboxylic acid groups (broad SMARTS) is 1. The minimum absolute atomic E-state index is 0.193. The number of nitro benzene ring substituents is 1. The molecule has 108 valence electrons. The molecule has 1 aromatic carbocycles. The number of non-ortho nitro benzene ring substituents is 1. The first-order chi connectivity index (χ1) is 10.1. The van der Waals surface area contributed by atoms with E-state index in [-0.39, 0.29) is 5.69 Å². The third kappa shape index (κ3) is 2.67. The first-order valence-corrected chi connectivity index (χ1v) is 5.92. The van der Waals surface area contributed by atoms with Gasteiger partial charge < -0.3 is 14.4 Å². The number of aliphatic carboxylic acids is 1. The number of carbonyl (C=O) groups is 1. The molecule has 0 spiro atoms.